The van der Waals surface area contributed by atoms with Crippen molar-refractivity contribution in [3.8, 4) is 11.6 Å². The van der Waals surface area contributed by atoms with Crippen molar-refractivity contribution in [2.45, 2.75) is 52.5 Å². The molecule has 0 spiro atoms. The second kappa shape index (κ2) is 9.29. The molecule has 0 bridgehead atoms. The highest BCUT2D eigenvalue weighted by molar-refractivity contribution is 5.80. The van der Waals surface area contributed by atoms with Gasteiger partial charge in [0.25, 0.3) is 0 Å². The number of nitrogens with zero attached hydrogens (tertiary/aromatic N) is 8. The maximum Gasteiger partial charge on any atom is 0.323 e. The Labute approximate surface area is 186 Å². The summed E-state index contributed by atoms with van der Waals surface area (Å²) >= 11 is 0. The Morgan fingerprint density at radius 3 is 2.78 bits per heavy atom. The molecule has 0 aliphatic rings. The van der Waals surface area contributed by atoms with Crippen molar-refractivity contribution in [2.75, 3.05) is 18.5 Å². The van der Waals surface area contributed by atoms with Crippen molar-refractivity contribution in [3.05, 3.63) is 42.4 Å². The molecule has 0 radical (unpaired) electrons. The highest BCUT2D eigenvalue weighted by Crippen LogP contribution is 2.30. The first-order valence-corrected chi connectivity index (χ1v) is 10.8. The van der Waals surface area contributed by atoms with E-state index in [9.17, 15) is 0 Å². The number of hydrogen-bond acceptors (Lipinski definition) is 9. The molecule has 4 rings (SSSR count). The Balaban J connectivity index is 1.52. The Hall–Kier alpha value is -3.56. The third-order valence-electron chi connectivity index (χ3n) is 5.41. The number of pyridine rings is 1. The van der Waals surface area contributed by atoms with Gasteiger partial charge >= 0.3 is 6.01 Å². The molecular formula is C22H28N8O2. The minimum absolute atomic E-state index is 0.144. The first kappa shape index (κ1) is 21.7. The van der Waals surface area contributed by atoms with Crippen LogP contribution in [0.2, 0.25) is 0 Å². The minimum atomic E-state index is 0.144. The van der Waals surface area contributed by atoms with Crippen LogP contribution in [0.15, 0.2) is 35.4 Å². The summed E-state index contributed by atoms with van der Waals surface area (Å²) in [4.78, 5) is 19.5. The summed E-state index contributed by atoms with van der Waals surface area (Å²) in [5.74, 6) is 2.07. The highest BCUT2D eigenvalue weighted by Gasteiger charge is 2.20. The van der Waals surface area contributed by atoms with E-state index in [0.29, 0.717) is 23.5 Å². The third-order valence-corrected chi connectivity index (χ3v) is 5.41. The summed E-state index contributed by atoms with van der Waals surface area (Å²) in [6, 6.07) is 4.37. The molecule has 0 aromatic carbocycles. The number of hydrogen-bond donors (Lipinski definition) is 0. The van der Waals surface area contributed by atoms with E-state index in [4.69, 9.17) is 9.26 Å². The summed E-state index contributed by atoms with van der Waals surface area (Å²) in [5.41, 5.74) is 1.54. The van der Waals surface area contributed by atoms with Gasteiger partial charge in [-0.3, -0.25) is 4.98 Å². The fourth-order valence-electron chi connectivity index (χ4n) is 3.42. The van der Waals surface area contributed by atoms with Crippen LogP contribution in [0, 0.1) is 6.92 Å². The summed E-state index contributed by atoms with van der Waals surface area (Å²) < 4.78 is 13.4. The zero-order valence-electron chi connectivity index (χ0n) is 19.1. The lowest BCUT2D eigenvalue weighted by atomic mass is 10.1. The molecule has 32 heavy (non-hydrogen) atoms. The Morgan fingerprint density at radius 1 is 1.22 bits per heavy atom. The standard InChI is InChI=1S/C22H28N8O2/c1-6-16(9-11-29(5)22-27-19(14(2)3)28-32-22)30-20-17(12-26-30)21(25-13-24-20)31-18-8-7-10-23-15(18)4/h7-8,10,12-14,16H,6,9,11H2,1-5H3. The molecule has 0 aliphatic heterocycles. The molecule has 0 fully saturated rings. The van der Waals surface area contributed by atoms with Crippen LogP contribution < -0.4 is 9.64 Å². The Bertz CT molecular complexity index is 1190. The first-order chi connectivity index (χ1) is 15.5. The maximum absolute atomic E-state index is 6.02. The van der Waals surface area contributed by atoms with Gasteiger partial charge in [0.05, 0.1) is 17.9 Å². The van der Waals surface area contributed by atoms with Gasteiger partial charge in [-0.1, -0.05) is 25.9 Å². The van der Waals surface area contributed by atoms with Crippen molar-refractivity contribution in [1.29, 1.82) is 0 Å². The molecule has 1 unspecified atom stereocenters. The second-order valence-electron chi connectivity index (χ2n) is 8.06. The van der Waals surface area contributed by atoms with E-state index in [2.05, 4.69) is 37.1 Å². The molecule has 0 saturated carbocycles. The second-order valence-corrected chi connectivity index (χ2v) is 8.06. The van der Waals surface area contributed by atoms with Crippen LogP contribution in [0.3, 0.4) is 0 Å². The van der Waals surface area contributed by atoms with Gasteiger partial charge in [-0.25, -0.2) is 14.6 Å². The molecular weight excluding hydrogens is 408 g/mol. The number of aryl methyl sites for hydroxylation is 1. The number of anilines is 1. The van der Waals surface area contributed by atoms with E-state index < -0.39 is 0 Å². The topological polar surface area (TPSA) is 108 Å². The van der Waals surface area contributed by atoms with E-state index in [-0.39, 0.29) is 12.0 Å². The molecule has 0 N–H and O–H groups in total. The largest absolute Gasteiger partial charge is 0.436 e. The quantitative estimate of drug-likeness (QED) is 0.379. The lowest BCUT2D eigenvalue weighted by Gasteiger charge is -2.20. The van der Waals surface area contributed by atoms with Gasteiger partial charge in [-0.05, 0) is 31.9 Å². The number of aromatic nitrogens is 7. The molecule has 10 heteroatoms. The predicted molar refractivity (Wildman–Crippen MR) is 120 cm³/mol. The summed E-state index contributed by atoms with van der Waals surface area (Å²) in [6.45, 7) is 8.86. The first-order valence-electron chi connectivity index (χ1n) is 10.8. The van der Waals surface area contributed by atoms with Gasteiger partial charge in [-0.15, -0.1) is 0 Å². The van der Waals surface area contributed by atoms with E-state index in [0.717, 1.165) is 36.1 Å². The van der Waals surface area contributed by atoms with Crippen LogP contribution >= 0.6 is 0 Å². The number of rotatable bonds is 9. The van der Waals surface area contributed by atoms with Crippen LogP contribution in [-0.4, -0.2) is 48.5 Å². The third kappa shape index (κ3) is 4.39. The average Bonchev–Trinajstić information content (AvgIpc) is 3.44. The molecule has 4 aromatic heterocycles. The predicted octanol–water partition coefficient (Wildman–Crippen LogP) is 4.31. The van der Waals surface area contributed by atoms with E-state index in [1.807, 2.05) is 49.5 Å². The van der Waals surface area contributed by atoms with Crippen molar-refractivity contribution in [1.82, 2.24) is 34.9 Å². The van der Waals surface area contributed by atoms with Crippen molar-refractivity contribution in [2.24, 2.45) is 0 Å². The Kier molecular flexibility index (Phi) is 6.29. The molecule has 0 aliphatic carbocycles. The monoisotopic (exact) mass is 436 g/mol. The zero-order chi connectivity index (χ0) is 22.7. The molecule has 4 heterocycles. The fraction of sp³-hybridized carbons (Fsp3) is 0.455. The average molecular weight is 437 g/mol. The van der Waals surface area contributed by atoms with Crippen LogP contribution in [0.5, 0.6) is 11.6 Å². The van der Waals surface area contributed by atoms with Crippen LogP contribution in [0.4, 0.5) is 6.01 Å². The van der Waals surface area contributed by atoms with Crippen molar-refractivity contribution >= 4 is 17.0 Å². The molecule has 4 aromatic rings. The molecule has 168 valence electrons. The van der Waals surface area contributed by atoms with Gasteiger partial charge in [-0.2, -0.15) is 10.1 Å². The lowest BCUT2D eigenvalue weighted by Crippen LogP contribution is -2.23. The molecule has 1 atom stereocenters. The van der Waals surface area contributed by atoms with Crippen molar-refractivity contribution < 1.29 is 9.26 Å². The van der Waals surface area contributed by atoms with Gasteiger partial charge in [0, 0.05) is 25.7 Å². The van der Waals surface area contributed by atoms with Crippen LogP contribution in [0.1, 0.15) is 57.1 Å². The van der Waals surface area contributed by atoms with Gasteiger partial charge < -0.3 is 14.2 Å². The van der Waals surface area contributed by atoms with Gasteiger partial charge in [0.15, 0.2) is 17.2 Å². The van der Waals surface area contributed by atoms with Crippen LogP contribution in [-0.2, 0) is 0 Å². The molecule has 0 amide bonds. The van der Waals surface area contributed by atoms with E-state index in [1.165, 1.54) is 6.33 Å². The summed E-state index contributed by atoms with van der Waals surface area (Å²) in [6.07, 6.45) is 6.73. The van der Waals surface area contributed by atoms with Gasteiger partial charge in [0.1, 0.15) is 11.7 Å². The van der Waals surface area contributed by atoms with Crippen LogP contribution in [0.25, 0.3) is 11.0 Å². The summed E-state index contributed by atoms with van der Waals surface area (Å²) in [7, 11) is 1.95. The summed E-state index contributed by atoms with van der Waals surface area (Å²) in [5, 5.41) is 9.43. The molecule has 10 nitrogen and oxygen atoms in total. The lowest BCUT2D eigenvalue weighted by molar-refractivity contribution is 0.392. The zero-order valence-corrected chi connectivity index (χ0v) is 19.1. The Morgan fingerprint density at radius 2 is 2.06 bits per heavy atom. The van der Waals surface area contributed by atoms with E-state index >= 15 is 0 Å². The fourth-order valence-corrected chi connectivity index (χ4v) is 3.42. The SMILES string of the molecule is CCC(CCN(C)c1nc(C(C)C)no1)n1ncc2c(Oc3cccnc3C)ncnc21. The molecule has 0 saturated heterocycles. The van der Waals surface area contributed by atoms with E-state index in [1.54, 1.807) is 12.4 Å². The maximum atomic E-state index is 6.02. The number of fused-ring (bicyclic) bond motifs is 1. The minimum Gasteiger partial charge on any atom is -0.436 e. The normalized spacial score (nSPS) is 12.4. The number of ether oxygens (including phenoxy) is 1. The highest BCUT2D eigenvalue weighted by atomic mass is 16.5. The smallest absolute Gasteiger partial charge is 0.323 e. The van der Waals surface area contributed by atoms with Crippen molar-refractivity contribution in [3.63, 3.8) is 0 Å². The van der Waals surface area contributed by atoms with Gasteiger partial charge in [0.2, 0.25) is 5.88 Å².